The highest BCUT2D eigenvalue weighted by molar-refractivity contribution is 7.99. The molecule has 1 aliphatic rings. The van der Waals surface area contributed by atoms with Gasteiger partial charge in [-0.25, -0.2) is 9.78 Å². The normalized spacial score (nSPS) is 13.7. The summed E-state index contributed by atoms with van der Waals surface area (Å²) in [6, 6.07) is 7.97. The molecule has 2 N–H and O–H groups in total. The molecule has 0 aliphatic heterocycles. The van der Waals surface area contributed by atoms with E-state index in [-0.39, 0.29) is 17.7 Å². The van der Waals surface area contributed by atoms with E-state index in [4.69, 9.17) is 0 Å². The maximum atomic E-state index is 11.9. The summed E-state index contributed by atoms with van der Waals surface area (Å²) in [4.78, 5) is 27.9. The first-order valence-electron chi connectivity index (χ1n) is 8.40. The SMILES string of the molecule is CC(C)c1ccccc1-n1ccnc1SCC(=O)NC(=O)NC1CC1. The van der Waals surface area contributed by atoms with Crippen LogP contribution in [0, 0.1) is 0 Å². The molecular weight excluding hydrogens is 336 g/mol. The van der Waals surface area contributed by atoms with Gasteiger partial charge in [0.15, 0.2) is 5.16 Å². The van der Waals surface area contributed by atoms with Gasteiger partial charge in [0.1, 0.15) is 0 Å². The molecule has 3 amide bonds. The molecule has 0 bridgehead atoms. The first-order valence-corrected chi connectivity index (χ1v) is 9.39. The van der Waals surface area contributed by atoms with E-state index in [0.717, 1.165) is 23.7 Å². The van der Waals surface area contributed by atoms with E-state index in [1.165, 1.54) is 17.3 Å². The van der Waals surface area contributed by atoms with Crippen LogP contribution in [0.4, 0.5) is 4.79 Å². The van der Waals surface area contributed by atoms with Crippen molar-refractivity contribution >= 4 is 23.7 Å². The van der Waals surface area contributed by atoms with Crippen molar-refractivity contribution in [3.05, 3.63) is 42.2 Å². The Hall–Kier alpha value is -2.28. The summed E-state index contributed by atoms with van der Waals surface area (Å²) < 4.78 is 1.98. The second-order valence-electron chi connectivity index (χ2n) is 6.38. The predicted molar refractivity (Wildman–Crippen MR) is 98.1 cm³/mol. The van der Waals surface area contributed by atoms with Crippen molar-refractivity contribution in [1.82, 2.24) is 20.2 Å². The minimum atomic E-state index is -0.415. The second-order valence-corrected chi connectivity index (χ2v) is 7.32. The summed E-state index contributed by atoms with van der Waals surface area (Å²) >= 11 is 1.31. The van der Waals surface area contributed by atoms with E-state index < -0.39 is 6.03 Å². The highest BCUT2D eigenvalue weighted by Gasteiger charge is 2.24. The van der Waals surface area contributed by atoms with Gasteiger partial charge in [-0.2, -0.15) is 0 Å². The number of nitrogens with zero attached hydrogens (tertiary/aromatic N) is 2. The van der Waals surface area contributed by atoms with Gasteiger partial charge < -0.3 is 5.32 Å². The van der Waals surface area contributed by atoms with E-state index in [0.29, 0.717) is 5.92 Å². The van der Waals surface area contributed by atoms with Gasteiger partial charge in [-0.3, -0.25) is 14.7 Å². The lowest BCUT2D eigenvalue weighted by Gasteiger charge is -2.15. The zero-order chi connectivity index (χ0) is 17.8. The summed E-state index contributed by atoms with van der Waals surface area (Å²) in [6.45, 7) is 4.29. The van der Waals surface area contributed by atoms with Crippen LogP contribution in [-0.2, 0) is 4.79 Å². The van der Waals surface area contributed by atoms with Crippen LogP contribution in [0.1, 0.15) is 38.2 Å². The number of carbonyl (C=O) groups is 2. The first kappa shape index (κ1) is 17.5. The number of nitrogens with one attached hydrogen (secondary N) is 2. The summed E-state index contributed by atoms with van der Waals surface area (Å²) in [6.07, 6.45) is 5.59. The molecule has 6 nitrogen and oxygen atoms in total. The predicted octanol–water partition coefficient (Wildman–Crippen LogP) is 3.08. The molecule has 1 heterocycles. The summed E-state index contributed by atoms with van der Waals surface area (Å²) in [5.74, 6) is 0.194. The molecule has 0 radical (unpaired) electrons. The third-order valence-electron chi connectivity index (χ3n) is 3.92. The molecule has 132 valence electrons. The Morgan fingerprint density at radius 2 is 2.08 bits per heavy atom. The number of hydrogen-bond donors (Lipinski definition) is 2. The molecule has 0 unspecified atom stereocenters. The average Bonchev–Trinajstić information content (AvgIpc) is 3.26. The van der Waals surface area contributed by atoms with Gasteiger partial charge in [0.2, 0.25) is 5.91 Å². The fourth-order valence-corrected chi connectivity index (χ4v) is 3.28. The number of aromatic nitrogens is 2. The fraction of sp³-hybridized carbons (Fsp3) is 0.389. The minimum Gasteiger partial charge on any atom is -0.335 e. The highest BCUT2D eigenvalue weighted by Crippen LogP contribution is 2.27. The van der Waals surface area contributed by atoms with Crippen LogP contribution in [0.2, 0.25) is 0 Å². The molecular formula is C18H22N4O2S. The van der Waals surface area contributed by atoms with Crippen LogP contribution >= 0.6 is 11.8 Å². The lowest BCUT2D eigenvalue weighted by atomic mass is 10.0. The number of para-hydroxylation sites is 1. The van der Waals surface area contributed by atoms with Gasteiger partial charge in [0, 0.05) is 18.4 Å². The van der Waals surface area contributed by atoms with Crippen LogP contribution in [0.15, 0.2) is 41.8 Å². The largest absolute Gasteiger partial charge is 0.335 e. The van der Waals surface area contributed by atoms with Crippen molar-refractivity contribution in [3.8, 4) is 5.69 Å². The molecule has 1 aromatic carbocycles. The molecule has 1 aliphatic carbocycles. The van der Waals surface area contributed by atoms with Gasteiger partial charge in [-0.05, 0) is 30.4 Å². The van der Waals surface area contributed by atoms with Gasteiger partial charge in [-0.1, -0.05) is 43.8 Å². The maximum Gasteiger partial charge on any atom is 0.321 e. The topological polar surface area (TPSA) is 76.0 Å². The van der Waals surface area contributed by atoms with E-state index in [1.807, 2.05) is 29.0 Å². The van der Waals surface area contributed by atoms with Crippen molar-refractivity contribution in [2.75, 3.05) is 5.75 Å². The average molecular weight is 358 g/mol. The van der Waals surface area contributed by atoms with E-state index in [2.05, 4.69) is 35.5 Å². The van der Waals surface area contributed by atoms with E-state index in [9.17, 15) is 9.59 Å². The van der Waals surface area contributed by atoms with Gasteiger partial charge >= 0.3 is 6.03 Å². The van der Waals surface area contributed by atoms with Gasteiger partial charge in [0.05, 0.1) is 11.4 Å². The van der Waals surface area contributed by atoms with Crippen molar-refractivity contribution in [3.63, 3.8) is 0 Å². The number of rotatable bonds is 6. The van der Waals surface area contributed by atoms with Gasteiger partial charge in [0.25, 0.3) is 0 Å². The van der Waals surface area contributed by atoms with Crippen LogP contribution in [0.25, 0.3) is 5.69 Å². The molecule has 0 saturated heterocycles. The molecule has 25 heavy (non-hydrogen) atoms. The zero-order valence-corrected chi connectivity index (χ0v) is 15.2. The summed E-state index contributed by atoms with van der Waals surface area (Å²) in [5, 5.41) is 5.82. The van der Waals surface area contributed by atoms with Crippen LogP contribution in [0.5, 0.6) is 0 Å². The molecule has 1 saturated carbocycles. The number of carbonyl (C=O) groups excluding carboxylic acids is 2. The van der Waals surface area contributed by atoms with Crippen molar-refractivity contribution in [2.24, 2.45) is 0 Å². The smallest absolute Gasteiger partial charge is 0.321 e. The number of thioether (sulfide) groups is 1. The van der Waals surface area contributed by atoms with Crippen LogP contribution in [-0.4, -0.2) is 33.3 Å². The third-order valence-corrected chi connectivity index (χ3v) is 4.89. The number of benzene rings is 1. The number of urea groups is 1. The fourth-order valence-electron chi connectivity index (χ4n) is 2.52. The molecule has 1 aromatic heterocycles. The van der Waals surface area contributed by atoms with Crippen molar-refractivity contribution < 1.29 is 9.59 Å². The quantitative estimate of drug-likeness (QED) is 0.778. The van der Waals surface area contributed by atoms with E-state index >= 15 is 0 Å². The molecule has 7 heteroatoms. The lowest BCUT2D eigenvalue weighted by Crippen LogP contribution is -2.41. The first-order chi connectivity index (χ1) is 12.0. The van der Waals surface area contributed by atoms with E-state index in [1.54, 1.807) is 6.20 Å². The molecule has 0 atom stereocenters. The van der Waals surface area contributed by atoms with Crippen molar-refractivity contribution in [1.29, 1.82) is 0 Å². The molecule has 0 spiro atoms. The Bertz CT molecular complexity index is 768. The van der Waals surface area contributed by atoms with Crippen LogP contribution in [0.3, 0.4) is 0 Å². The zero-order valence-electron chi connectivity index (χ0n) is 14.4. The highest BCUT2D eigenvalue weighted by atomic mass is 32.2. The number of amides is 3. The lowest BCUT2D eigenvalue weighted by molar-refractivity contribution is -0.117. The Balaban J connectivity index is 1.64. The Labute approximate surface area is 151 Å². The number of imide groups is 1. The number of hydrogen-bond acceptors (Lipinski definition) is 4. The second kappa shape index (κ2) is 7.74. The third kappa shape index (κ3) is 4.63. The minimum absolute atomic E-state index is 0.138. The standard InChI is InChI=1S/C18H22N4O2S/c1-12(2)14-5-3-4-6-15(14)22-10-9-19-18(22)25-11-16(23)21-17(24)20-13-7-8-13/h3-6,9-10,12-13H,7-8,11H2,1-2H3,(H2,20,21,23,24). The van der Waals surface area contributed by atoms with Gasteiger partial charge in [-0.15, -0.1) is 0 Å². The van der Waals surface area contributed by atoms with Crippen LogP contribution < -0.4 is 10.6 Å². The Morgan fingerprint density at radius 3 is 2.80 bits per heavy atom. The Morgan fingerprint density at radius 1 is 1.32 bits per heavy atom. The monoisotopic (exact) mass is 358 g/mol. The Kier molecular flexibility index (Phi) is 5.43. The molecule has 3 rings (SSSR count). The summed E-state index contributed by atoms with van der Waals surface area (Å²) in [7, 11) is 0. The maximum absolute atomic E-state index is 11.9. The summed E-state index contributed by atoms with van der Waals surface area (Å²) in [5.41, 5.74) is 2.28. The molecule has 1 fully saturated rings. The number of imidazole rings is 1. The molecule has 2 aromatic rings. The van der Waals surface area contributed by atoms with Crippen molar-refractivity contribution in [2.45, 2.75) is 43.8 Å².